The van der Waals surface area contributed by atoms with Crippen LogP contribution < -0.4 is 15.4 Å². The SMILES string of the molecule is Cc1ccc([C@@H](NC(=O)CN2c3ccc(S(N)(=O)=O)cc3C[C@@H]2C)c2cccs2)cc1. The molecule has 8 heteroatoms. The summed E-state index contributed by atoms with van der Waals surface area (Å²) in [6, 6.07) is 16.9. The van der Waals surface area contributed by atoms with Gasteiger partial charge in [0.25, 0.3) is 0 Å². The topological polar surface area (TPSA) is 92.5 Å². The van der Waals surface area contributed by atoms with Crippen LogP contribution in [-0.4, -0.2) is 26.9 Å². The lowest BCUT2D eigenvalue weighted by atomic mass is 10.0. The van der Waals surface area contributed by atoms with E-state index in [1.54, 1.807) is 23.5 Å². The van der Waals surface area contributed by atoms with Gasteiger partial charge in [0.2, 0.25) is 15.9 Å². The van der Waals surface area contributed by atoms with Crippen LogP contribution in [-0.2, 0) is 21.2 Å². The third-order valence-corrected chi connectivity index (χ3v) is 7.44. The normalized spacial score (nSPS) is 16.7. The zero-order chi connectivity index (χ0) is 22.2. The van der Waals surface area contributed by atoms with Crippen molar-refractivity contribution in [3.63, 3.8) is 0 Å². The lowest BCUT2D eigenvalue weighted by molar-refractivity contribution is -0.120. The predicted molar refractivity (Wildman–Crippen MR) is 124 cm³/mol. The van der Waals surface area contributed by atoms with E-state index in [0.717, 1.165) is 21.7 Å². The Hall–Kier alpha value is -2.68. The second-order valence-electron chi connectivity index (χ2n) is 7.94. The summed E-state index contributed by atoms with van der Waals surface area (Å²) < 4.78 is 23.3. The smallest absolute Gasteiger partial charge is 0.240 e. The summed E-state index contributed by atoms with van der Waals surface area (Å²) in [4.78, 5) is 16.2. The molecule has 1 aromatic heterocycles. The number of anilines is 1. The van der Waals surface area contributed by atoms with Gasteiger partial charge < -0.3 is 10.2 Å². The predicted octanol–water partition coefficient (Wildman–Crippen LogP) is 3.36. The maximum Gasteiger partial charge on any atom is 0.240 e. The standard InChI is InChI=1S/C23H25N3O3S2/c1-15-5-7-17(8-6-15)23(21-4-3-11-30-21)25-22(27)14-26-16(2)12-18-13-19(31(24,28)29)9-10-20(18)26/h3-11,13,16,23H,12,14H2,1-2H3,(H,25,27)(H2,24,28,29)/t16-,23+/m0/s1. The Bertz CT molecular complexity index is 1190. The number of aryl methyl sites for hydroxylation is 1. The molecular formula is C23H25N3O3S2. The van der Waals surface area contributed by atoms with Gasteiger partial charge in [0.05, 0.1) is 17.5 Å². The number of nitrogens with one attached hydrogen (secondary N) is 1. The minimum atomic E-state index is -3.75. The number of primary sulfonamides is 1. The van der Waals surface area contributed by atoms with E-state index in [9.17, 15) is 13.2 Å². The van der Waals surface area contributed by atoms with Gasteiger partial charge in [-0.1, -0.05) is 35.9 Å². The molecule has 0 spiro atoms. The van der Waals surface area contributed by atoms with Crippen molar-refractivity contribution in [3.8, 4) is 0 Å². The van der Waals surface area contributed by atoms with Gasteiger partial charge in [-0.15, -0.1) is 11.3 Å². The Morgan fingerprint density at radius 3 is 2.61 bits per heavy atom. The number of sulfonamides is 1. The molecule has 4 rings (SSSR count). The van der Waals surface area contributed by atoms with E-state index in [1.807, 2.05) is 60.5 Å². The second kappa shape index (κ2) is 8.45. The summed E-state index contributed by atoms with van der Waals surface area (Å²) >= 11 is 1.61. The number of nitrogens with zero attached hydrogens (tertiary/aromatic N) is 1. The zero-order valence-corrected chi connectivity index (χ0v) is 19.0. The monoisotopic (exact) mass is 455 g/mol. The molecule has 0 unspecified atom stereocenters. The molecule has 0 aliphatic carbocycles. The summed E-state index contributed by atoms with van der Waals surface area (Å²) in [5.41, 5.74) is 3.97. The van der Waals surface area contributed by atoms with Crippen molar-refractivity contribution in [2.45, 2.75) is 37.2 Å². The molecular weight excluding hydrogens is 430 g/mol. The molecule has 3 aromatic rings. The quantitative estimate of drug-likeness (QED) is 0.596. The van der Waals surface area contributed by atoms with Crippen LogP contribution in [0, 0.1) is 6.92 Å². The number of carbonyl (C=O) groups excluding carboxylic acids is 1. The highest BCUT2D eigenvalue weighted by Gasteiger charge is 2.29. The van der Waals surface area contributed by atoms with Crippen molar-refractivity contribution in [1.82, 2.24) is 5.32 Å². The number of benzene rings is 2. The maximum atomic E-state index is 13.1. The molecule has 0 radical (unpaired) electrons. The molecule has 2 heterocycles. The fraction of sp³-hybridized carbons (Fsp3) is 0.261. The van der Waals surface area contributed by atoms with Gasteiger partial charge in [0.1, 0.15) is 0 Å². The highest BCUT2D eigenvalue weighted by Crippen LogP contribution is 2.33. The molecule has 1 amide bonds. The Morgan fingerprint density at radius 2 is 1.97 bits per heavy atom. The fourth-order valence-corrected chi connectivity index (χ4v) is 5.35. The average molecular weight is 456 g/mol. The van der Waals surface area contributed by atoms with Gasteiger partial charge in [-0.2, -0.15) is 0 Å². The van der Waals surface area contributed by atoms with Crippen LogP contribution in [0.25, 0.3) is 0 Å². The number of hydrogen-bond donors (Lipinski definition) is 2. The number of fused-ring (bicyclic) bond motifs is 1. The summed E-state index contributed by atoms with van der Waals surface area (Å²) in [5, 5.41) is 10.4. The van der Waals surface area contributed by atoms with Crippen LogP contribution in [0.5, 0.6) is 0 Å². The fourth-order valence-electron chi connectivity index (χ4n) is 3.98. The third-order valence-electron chi connectivity index (χ3n) is 5.59. The van der Waals surface area contributed by atoms with E-state index in [-0.39, 0.29) is 29.4 Å². The van der Waals surface area contributed by atoms with Gasteiger partial charge in [0.15, 0.2) is 0 Å². The third kappa shape index (κ3) is 4.66. The molecule has 3 N–H and O–H groups in total. The average Bonchev–Trinajstić information content (AvgIpc) is 3.34. The van der Waals surface area contributed by atoms with Crippen LogP contribution in [0.15, 0.2) is 64.9 Å². The molecule has 1 aliphatic rings. The lowest BCUT2D eigenvalue weighted by Gasteiger charge is -2.26. The Kier molecular flexibility index (Phi) is 5.88. The maximum absolute atomic E-state index is 13.1. The minimum absolute atomic E-state index is 0.0797. The second-order valence-corrected chi connectivity index (χ2v) is 10.5. The van der Waals surface area contributed by atoms with Gasteiger partial charge in [0, 0.05) is 16.6 Å². The molecule has 0 bridgehead atoms. The number of carbonyl (C=O) groups is 1. The van der Waals surface area contributed by atoms with Crippen LogP contribution in [0.2, 0.25) is 0 Å². The highest BCUT2D eigenvalue weighted by atomic mass is 32.2. The Balaban J connectivity index is 1.54. The Morgan fingerprint density at radius 1 is 1.23 bits per heavy atom. The van der Waals surface area contributed by atoms with Crippen molar-refractivity contribution in [1.29, 1.82) is 0 Å². The Labute approximate surface area is 186 Å². The van der Waals surface area contributed by atoms with Crippen LogP contribution >= 0.6 is 11.3 Å². The molecule has 162 valence electrons. The molecule has 6 nitrogen and oxygen atoms in total. The van der Waals surface area contributed by atoms with E-state index in [1.165, 1.54) is 11.6 Å². The molecule has 0 saturated carbocycles. The molecule has 0 saturated heterocycles. The number of hydrogen-bond acceptors (Lipinski definition) is 5. The summed E-state index contributed by atoms with van der Waals surface area (Å²) in [5.74, 6) is -0.0887. The van der Waals surface area contributed by atoms with E-state index >= 15 is 0 Å². The van der Waals surface area contributed by atoms with Gasteiger partial charge in [-0.25, -0.2) is 13.6 Å². The number of nitrogens with two attached hydrogens (primary N) is 1. The van der Waals surface area contributed by atoms with Crippen molar-refractivity contribution < 1.29 is 13.2 Å². The van der Waals surface area contributed by atoms with E-state index in [0.29, 0.717) is 6.42 Å². The number of rotatable bonds is 6. The van der Waals surface area contributed by atoms with E-state index < -0.39 is 10.0 Å². The van der Waals surface area contributed by atoms with Crippen LogP contribution in [0.1, 0.15) is 34.5 Å². The van der Waals surface area contributed by atoms with Crippen LogP contribution in [0.3, 0.4) is 0 Å². The van der Waals surface area contributed by atoms with Crippen molar-refractivity contribution >= 4 is 33.0 Å². The largest absolute Gasteiger partial charge is 0.359 e. The molecule has 2 aromatic carbocycles. The first-order chi connectivity index (χ1) is 14.7. The molecule has 0 fully saturated rings. The summed E-state index contributed by atoms with van der Waals surface area (Å²) in [6.45, 7) is 4.26. The van der Waals surface area contributed by atoms with E-state index in [2.05, 4.69) is 5.32 Å². The summed E-state index contributed by atoms with van der Waals surface area (Å²) in [7, 11) is -3.75. The first-order valence-corrected chi connectivity index (χ1v) is 12.5. The first kappa shape index (κ1) is 21.5. The van der Waals surface area contributed by atoms with Gasteiger partial charge in [-0.3, -0.25) is 4.79 Å². The number of thiophene rings is 1. The zero-order valence-electron chi connectivity index (χ0n) is 17.4. The summed E-state index contributed by atoms with van der Waals surface area (Å²) in [6.07, 6.45) is 0.665. The molecule has 1 aliphatic heterocycles. The molecule has 2 atom stereocenters. The van der Waals surface area contributed by atoms with Crippen molar-refractivity contribution in [2.24, 2.45) is 5.14 Å². The molecule has 31 heavy (non-hydrogen) atoms. The number of amides is 1. The lowest BCUT2D eigenvalue weighted by Crippen LogP contribution is -2.41. The van der Waals surface area contributed by atoms with Crippen LogP contribution in [0.4, 0.5) is 5.69 Å². The van der Waals surface area contributed by atoms with Crippen molar-refractivity contribution in [3.05, 3.63) is 81.5 Å². The minimum Gasteiger partial charge on any atom is -0.359 e. The first-order valence-electron chi connectivity index (χ1n) is 10.0. The van der Waals surface area contributed by atoms with Crippen molar-refractivity contribution in [2.75, 3.05) is 11.4 Å². The van der Waals surface area contributed by atoms with E-state index in [4.69, 9.17) is 5.14 Å². The highest BCUT2D eigenvalue weighted by molar-refractivity contribution is 7.89. The van der Waals surface area contributed by atoms with Gasteiger partial charge >= 0.3 is 0 Å². The van der Waals surface area contributed by atoms with Gasteiger partial charge in [-0.05, 0) is 61.0 Å².